The highest BCUT2D eigenvalue weighted by molar-refractivity contribution is 5.79. The van der Waals surface area contributed by atoms with E-state index in [1.165, 1.54) is 0 Å². The van der Waals surface area contributed by atoms with Crippen molar-refractivity contribution in [2.45, 2.75) is 18.9 Å². The van der Waals surface area contributed by atoms with Crippen LogP contribution in [-0.2, 0) is 4.79 Å². The first-order valence-electron chi connectivity index (χ1n) is 5.40. The Kier molecular flexibility index (Phi) is 3.06. The van der Waals surface area contributed by atoms with Crippen molar-refractivity contribution in [1.29, 1.82) is 0 Å². The van der Waals surface area contributed by atoms with Crippen molar-refractivity contribution < 1.29 is 4.79 Å². The molecule has 1 fully saturated rings. The maximum atomic E-state index is 11.8. The number of carbonyl (C=O) groups is 1. The normalized spacial score (nSPS) is 20.9. The first-order valence-corrected chi connectivity index (χ1v) is 5.40. The summed E-state index contributed by atoms with van der Waals surface area (Å²) in [6.07, 6.45) is 4.07. The Morgan fingerprint density at radius 2 is 2.60 bits per heavy atom. The Hall–Kier alpha value is -1.29. The van der Waals surface area contributed by atoms with Crippen molar-refractivity contribution in [3.63, 3.8) is 0 Å². The van der Waals surface area contributed by atoms with Gasteiger partial charge < -0.3 is 15.2 Å². The molecule has 2 heterocycles. The smallest absolute Gasteiger partial charge is 0.237 e. The molecule has 1 saturated heterocycles. The molecular formula is C11H17N3O. The maximum Gasteiger partial charge on any atom is 0.237 e. The van der Waals surface area contributed by atoms with Crippen LogP contribution in [0.5, 0.6) is 0 Å². The number of hydrogen-bond acceptors (Lipinski definition) is 2. The van der Waals surface area contributed by atoms with Gasteiger partial charge in [0.1, 0.15) is 0 Å². The minimum absolute atomic E-state index is 0.189. The monoisotopic (exact) mass is 207 g/mol. The SMILES string of the molecule is CNCC(=O)N1CCCC1c1ccc[nH]1. The molecule has 1 atom stereocenters. The quantitative estimate of drug-likeness (QED) is 0.773. The second kappa shape index (κ2) is 4.49. The standard InChI is InChI=1S/C11H17N3O/c1-12-8-11(15)14-7-3-5-10(14)9-4-2-6-13-9/h2,4,6,10,12-13H,3,5,7-8H2,1H3. The molecule has 0 radical (unpaired) electrons. The summed E-state index contributed by atoms with van der Waals surface area (Å²) < 4.78 is 0. The Morgan fingerprint density at radius 1 is 1.73 bits per heavy atom. The number of amides is 1. The largest absolute Gasteiger partial charge is 0.363 e. The van der Waals surface area contributed by atoms with Crippen molar-refractivity contribution in [3.05, 3.63) is 24.0 Å². The van der Waals surface area contributed by atoms with Crippen LogP contribution in [0.4, 0.5) is 0 Å². The predicted molar refractivity (Wildman–Crippen MR) is 58.4 cm³/mol. The number of rotatable bonds is 3. The van der Waals surface area contributed by atoms with Gasteiger partial charge >= 0.3 is 0 Å². The lowest BCUT2D eigenvalue weighted by molar-refractivity contribution is -0.131. The average molecular weight is 207 g/mol. The van der Waals surface area contributed by atoms with Gasteiger partial charge in [-0.15, -0.1) is 0 Å². The van der Waals surface area contributed by atoms with Crippen molar-refractivity contribution in [2.75, 3.05) is 20.1 Å². The number of nitrogens with zero attached hydrogens (tertiary/aromatic N) is 1. The van der Waals surface area contributed by atoms with Gasteiger partial charge in [0.25, 0.3) is 0 Å². The molecule has 0 aliphatic carbocycles. The van der Waals surface area contributed by atoms with Crippen LogP contribution in [0.3, 0.4) is 0 Å². The number of likely N-dealkylation sites (N-methyl/N-ethyl adjacent to an activating group) is 1. The molecule has 1 aromatic rings. The van der Waals surface area contributed by atoms with E-state index < -0.39 is 0 Å². The molecular weight excluding hydrogens is 190 g/mol. The maximum absolute atomic E-state index is 11.8. The average Bonchev–Trinajstić information content (AvgIpc) is 2.88. The van der Waals surface area contributed by atoms with Gasteiger partial charge in [-0.1, -0.05) is 0 Å². The molecule has 1 aliphatic heterocycles. The number of likely N-dealkylation sites (tertiary alicyclic amines) is 1. The van der Waals surface area contributed by atoms with E-state index in [1.807, 2.05) is 17.2 Å². The zero-order chi connectivity index (χ0) is 10.7. The summed E-state index contributed by atoms with van der Waals surface area (Å²) in [4.78, 5) is 17.0. The predicted octanol–water partition coefficient (Wildman–Crippen LogP) is 0.898. The lowest BCUT2D eigenvalue weighted by atomic mass is 10.1. The van der Waals surface area contributed by atoms with Gasteiger partial charge in [0.15, 0.2) is 0 Å². The fraction of sp³-hybridized carbons (Fsp3) is 0.545. The van der Waals surface area contributed by atoms with Crippen molar-refractivity contribution in [3.8, 4) is 0 Å². The first-order chi connectivity index (χ1) is 7.33. The lowest BCUT2D eigenvalue weighted by Crippen LogP contribution is -2.36. The first kappa shape index (κ1) is 10.2. The molecule has 15 heavy (non-hydrogen) atoms. The second-order valence-corrected chi connectivity index (χ2v) is 3.90. The van der Waals surface area contributed by atoms with Crippen LogP contribution >= 0.6 is 0 Å². The Morgan fingerprint density at radius 3 is 3.27 bits per heavy atom. The van der Waals surface area contributed by atoms with Gasteiger partial charge in [0.2, 0.25) is 5.91 Å². The Labute approximate surface area is 89.7 Å². The number of carbonyl (C=O) groups excluding carboxylic acids is 1. The van der Waals surface area contributed by atoms with Crippen LogP contribution in [0.15, 0.2) is 18.3 Å². The Bertz CT molecular complexity index is 321. The van der Waals surface area contributed by atoms with Crippen LogP contribution < -0.4 is 5.32 Å². The van der Waals surface area contributed by atoms with E-state index in [9.17, 15) is 4.79 Å². The highest BCUT2D eigenvalue weighted by Crippen LogP contribution is 2.30. The number of nitrogens with one attached hydrogen (secondary N) is 2. The van der Waals surface area contributed by atoms with Gasteiger partial charge in [0.05, 0.1) is 12.6 Å². The van der Waals surface area contributed by atoms with Gasteiger partial charge in [-0.2, -0.15) is 0 Å². The summed E-state index contributed by atoms with van der Waals surface area (Å²) in [6.45, 7) is 1.31. The Balaban J connectivity index is 2.08. The number of aromatic nitrogens is 1. The van der Waals surface area contributed by atoms with Gasteiger partial charge in [-0.05, 0) is 32.0 Å². The molecule has 4 heteroatoms. The summed E-state index contributed by atoms with van der Waals surface area (Å²) in [5.41, 5.74) is 1.15. The third-order valence-corrected chi connectivity index (χ3v) is 2.88. The van der Waals surface area contributed by atoms with Crippen molar-refractivity contribution in [1.82, 2.24) is 15.2 Å². The van der Waals surface area contributed by atoms with Crippen LogP contribution in [-0.4, -0.2) is 35.9 Å². The van der Waals surface area contributed by atoms with Gasteiger partial charge in [-0.25, -0.2) is 0 Å². The minimum atomic E-state index is 0.189. The molecule has 2 rings (SSSR count). The molecule has 1 aliphatic rings. The molecule has 0 aromatic carbocycles. The number of aromatic amines is 1. The van der Waals surface area contributed by atoms with E-state index in [4.69, 9.17) is 0 Å². The molecule has 0 bridgehead atoms. The topological polar surface area (TPSA) is 48.1 Å². The molecule has 1 unspecified atom stereocenters. The van der Waals surface area contributed by atoms with Crippen LogP contribution in [0.25, 0.3) is 0 Å². The molecule has 4 nitrogen and oxygen atoms in total. The summed E-state index contributed by atoms with van der Waals surface area (Å²) in [5, 5.41) is 2.91. The molecule has 1 aromatic heterocycles. The van der Waals surface area contributed by atoms with E-state index >= 15 is 0 Å². The van der Waals surface area contributed by atoms with Gasteiger partial charge in [-0.3, -0.25) is 4.79 Å². The third-order valence-electron chi connectivity index (χ3n) is 2.88. The van der Waals surface area contributed by atoms with E-state index in [2.05, 4.69) is 16.4 Å². The summed E-state index contributed by atoms with van der Waals surface area (Å²) >= 11 is 0. The highest BCUT2D eigenvalue weighted by Gasteiger charge is 2.29. The van der Waals surface area contributed by atoms with Crippen LogP contribution in [0, 0.1) is 0 Å². The molecule has 0 saturated carbocycles. The van der Waals surface area contributed by atoms with E-state index in [0.717, 1.165) is 25.1 Å². The second-order valence-electron chi connectivity index (χ2n) is 3.90. The molecule has 2 N–H and O–H groups in total. The molecule has 0 spiro atoms. The van der Waals surface area contributed by atoms with E-state index in [1.54, 1.807) is 7.05 Å². The van der Waals surface area contributed by atoms with Crippen LogP contribution in [0.2, 0.25) is 0 Å². The summed E-state index contributed by atoms with van der Waals surface area (Å²) in [5.74, 6) is 0.189. The third kappa shape index (κ3) is 2.04. The number of H-pyrrole nitrogens is 1. The molecule has 1 amide bonds. The summed E-state index contributed by atoms with van der Waals surface area (Å²) in [7, 11) is 1.80. The lowest BCUT2D eigenvalue weighted by Gasteiger charge is -2.23. The zero-order valence-electron chi connectivity index (χ0n) is 8.99. The van der Waals surface area contributed by atoms with Gasteiger partial charge in [0, 0.05) is 18.4 Å². The summed E-state index contributed by atoms with van der Waals surface area (Å²) in [6, 6.07) is 4.28. The van der Waals surface area contributed by atoms with Crippen molar-refractivity contribution >= 4 is 5.91 Å². The fourth-order valence-electron chi connectivity index (χ4n) is 2.19. The number of hydrogen-bond donors (Lipinski definition) is 2. The van der Waals surface area contributed by atoms with Crippen LogP contribution in [0.1, 0.15) is 24.6 Å². The van der Waals surface area contributed by atoms with E-state index in [0.29, 0.717) is 6.54 Å². The van der Waals surface area contributed by atoms with E-state index in [-0.39, 0.29) is 11.9 Å². The fourth-order valence-corrected chi connectivity index (χ4v) is 2.19. The highest BCUT2D eigenvalue weighted by atomic mass is 16.2. The zero-order valence-corrected chi connectivity index (χ0v) is 8.99. The minimum Gasteiger partial charge on any atom is -0.363 e. The molecule has 82 valence electrons. The van der Waals surface area contributed by atoms with Crippen molar-refractivity contribution in [2.24, 2.45) is 0 Å².